The summed E-state index contributed by atoms with van der Waals surface area (Å²) in [5.41, 5.74) is 4.93. The second-order valence-electron chi connectivity index (χ2n) is 3.02. The van der Waals surface area contributed by atoms with Gasteiger partial charge in [0.1, 0.15) is 0 Å². The van der Waals surface area contributed by atoms with Crippen LogP contribution in [0.1, 0.15) is 10.4 Å². The van der Waals surface area contributed by atoms with Crippen molar-refractivity contribution in [2.45, 2.75) is 4.90 Å². The molecule has 0 saturated heterocycles. The molecule has 1 rings (SSSR count). The minimum atomic E-state index is -4.15. The molecular weight excluding hydrogens is 260 g/mol. The third kappa shape index (κ3) is 3.19. The Morgan fingerprint density at radius 2 is 2.17 bits per heavy atom. The minimum Gasteiger partial charge on any atom is -0.478 e. The van der Waals surface area contributed by atoms with Gasteiger partial charge in [0, 0.05) is 0 Å². The summed E-state index contributed by atoms with van der Waals surface area (Å²) in [6.45, 7) is 0. The summed E-state index contributed by atoms with van der Waals surface area (Å²) in [6.07, 6.45) is 1.41. The maximum absolute atomic E-state index is 11.7. The van der Waals surface area contributed by atoms with Crippen LogP contribution < -0.4 is 11.1 Å². The third-order valence-electron chi connectivity index (χ3n) is 1.78. The maximum Gasteiger partial charge on any atom is 0.335 e. The molecule has 4 N–H and O–H groups in total. The summed E-state index contributed by atoms with van der Waals surface area (Å²) in [5.74, 6) is -1.86. The zero-order valence-corrected chi connectivity index (χ0v) is 9.68. The van der Waals surface area contributed by atoms with Crippen molar-refractivity contribution in [2.75, 3.05) is 0 Å². The molecule has 8 nitrogen and oxygen atoms in total. The van der Waals surface area contributed by atoms with E-state index >= 15 is 0 Å². The molecule has 0 amide bonds. The van der Waals surface area contributed by atoms with Crippen molar-refractivity contribution in [3.8, 4) is 6.19 Å². The lowest BCUT2D eigenvalue weighted by Crippen LogP contribution is -2.28. The van der Waals surface area contributed by atoms with Crippen molar-refractivity contribution in [3.63, 3.8) is 0 Å². The Balaban J connectivity index is 3.22. The molecule has 94 valence electrons. The van der Waals surface area contributed by atoms with E-state index < -0.39 is 22.0 Å². The largest absolute Gasteiger partial charge is 0.478 e. The van der Waals surface area contributed by atoms with Crippen molar-refractivity contribution in [1.29, 1.82) is 5.26 Å². The first-order valence-corrected chi connectivity index (χ1v) is 5.90. The quantitative estimate of drug-likeness (QED) is 0.289. The van der Waals surface area contributed by atoms with Gasteiger partial charge in [0.15, 0.2) is 6.19 Å². The number of carboxylic acids is 1. The van der Waals surface area contributed by atoms with Gasteiger partial charge >= 0.3 is 5.97 Å². The molecule has 0 aromatic heterocycles. The average molecular weight is 268 g/mol. The average Bonchev–Trinajstić information content (AvgIpc) is 2.28. The molecule has 1 aromatic carbocycles. The van der Waals surface area contributed by atoms with Gasteiger partial charge in [-0.3, -0.25) is 5.32 Å². The Bertz CT molecular complexity index is 645. The highest BCUT2D eigenvalue weighted by Crippen LogP contribution is 2.14. The van der Waals surface area contributed by atoms with Gasteiger partial charge in [-0.15, -0.1) is 4.40 Å². The van der Waals surface area contributed by atoms with Crippen molar-refractivity contribution in [3.05, 3.63) is 29.8 Å². The van der Waals surface area contributed by atoms with Crippen LogP contribution in [0.3, 0.4) is 0 Å². The highest BCUT2D eigenvalue weighted by atomic mass is 32.2. The van der Waals surface area contributed by atoms with Crippen molar-refractivity contribution in [2.24, 2.45) is 10.1 Å². The van der Waals surface area contributed by atoms with E-state index in [0.29, 0.717) is 0 Å². The Kier molecular flexibility index (Phi) is 3.85. The number of carboxylic acid groups (broad SMARTS) is 1. The van der Waals surface area contributed by atoms with Gasteiger partial charge in [-0.1, -0.05) is 6.07 Å². The Morgan fingerprint density at radius 3 is 2.72 bits per heavy atom. The van der Waals surface area contributed by atoms with E-state index in [0.717, 1.165) is 6.07 Å². The first-order chi connectivity index (χ1) is 8.36. The topological polar surface area (TPSA) is 146 Å². The molecule has 0 saturated carbocycles. The van der Waals surface area contributed by atoms with Crippen LogP contribution in [0.2, 0.25) is 0 Å². The van der Waals surface area contributed by atoms with Gasteiger partial charge in [-0.25, -0.2) is 4.79 Å². The molecule has 0 unspecified atom stereocenters. The molecule has 0 aliphatic carbocycles. The molecule has 18 heavy (non-hydrogen) atoms. The van der Waals surface area contributed by atoms with Crippen LogP contribution in [0.4, 0.5) is 0 Å². The molecule has 9 heteroatoms. The molecule has 0 fully saturated rings. The number of nitrogens with one attached hydrogen (secondary N) is 1. The van der Waals surface area contributed by atoms with Crippen molar-refractivity contribution >= 4 is 22.0 Å². The number of hydrogen-bond donors (Lipinski definition) is 3. The summed E-state index contributed by atoms with van der Waals surface area (Å²) < 4.78 is 26.5. The van der Waals surface area contributed by atoms with Crippen LogP contribution in [0.5, 0.6) is 0 Å². The van der Waals surface area contributed by atoms with Crippen LogP contribution in [0, 0.1) is 11.5 Å². The summed E-state index contributed by atoms with van der Waals surface area (Å²) in [5, 5.41) is 18.8. The van der Waals surface area contributed by atoms with E-state index in [1.165, 1.54) is 24.4 Å². The van der Waals surface area contributed by atoms with Gasteiger partial charge in [-0.2, -0.15) is 13.7 Å². The Hall–Kier alpha value is -2.60. The fraction of sp³-hybridized carbons (Fsp3) is 0. The number of carbonyl (C=O) groups is 1. The maximum atomic E-state index is 11.7. The van der Waals surface area contributed by atoms with Gasteiger partial charge in [0.05, 0.1) is 10.5 Å². The number of benzene rings is 1. The fourth-order valence-corrected chi connectivity index (χ4v) is 1.99. The first kappa shape index (κ1) is 13.5. The molecule has 0 radical (unpaired) electrons. The molecular formula is C9H8N4O4S. The molecule has 0 spiro atoms. The smallest absolute Gasteiger partial charge is 0.335 e. The van der Waals surface area contributed by atoms with E-state index in [-0.39, 0.29) is 10.5 Å². The van der Waals surface area contributed by atoms with Crippen LogP contribution in [0.25, 0.3) is 0 Å². The van der Waals surface area contributed by atoms with E-state index in [9.17, 15) is 13.2 Å². The van der Waals surface area contributed by atoms with Crippen LogP contribution in [-0.2, 0) is 10.0 Å². The number of aromatic carboxylic acids is 1. The van der Waals surface area contributed by atoms with Gasteiger partial charge in [-0.05, 0) is 18.2 Å². The summed E-state index contributed by atoms with van der Waals surface area (Å²) in [6, 6.07) is 4.62. The summed E-state index contributed by atoms with van der Waals surface area (Å²) in [7, 11) is -4.15. The van der Waals surface area contributed by atoms with E-state index in [4.69, 9.17) is 16.1 Å². The van der Waals surface area contributed by atoms with E-state index in [1.54, 1.807) is 0 Å². The Morgan fingerprint density at radius 1 is 1.50 bits per heavy atom. The van der Waals surface area contributed by atoms with Gasteiger partial charge in [0.2, 0.25) is 5.96 Å². The second-order valence-corrected chi connectivity index (χ2v) is 4.63. The highest BCUT2D eigenvalue weighted by Gasteiger charge is 2.15. The Labute approximate surface area is 102 Å². The zero-order valence-electron chi connectivity index (χ0n) is 8.86. The van der Waals surface area contributed by atoms with E-state index in [1.807, 2.05) is 5.32 Å². The second kappa shape index (κ2) is 5.15. The number of guanidine groups is 1. The minimum absolute atomic E-state index is 0.196. The summed E-state index contributed by atoms with van der Waals surface area (Å²) >= 11 is 0. The van der Waals surface area contributed by atoms with Crippen LogP contribution in [0.15, 0.2) is 33.6 Å². The number of nitrogens with zero attached hydrogens (tertiary/aromatic N) is 2. The molecule has 0 aliphatic heterocycles. The molecule has 0 aliphatic rings. The lowest BCUT2D eigenvalue weighted by molar-refractivity contribution is 0.0696. The number of rotatable bonds is 3. The molecule has 0 heterocycles. The number of nitrogens with two attached hydrogens (primary N) is 1. The number of nitriles is 1. The summed E-state index contributed by atoms with van der Waals surface area (Å²) in [4.78, 5) is 10.4. The number of sulfonamides is 1. The van der Waals surface area contributed by atoms with E-state index in [2.05, 4.69) is 4.40 Å². The monoisotopic (exact) mass is 268 g/mol. The lowest BCUT2D eigenvalue weighted by Gasteiger charge is -2.01. The van der Waals surface area contributed by atoms with Crippen molar-refractivity contribution in [1.82, 2.24) is 5.32 Å². The first-order valence-electron chi connectivity index (χ1n) is 4.46. The lowest BCUT2D eigenvalue weighted by atomic mass is 10.2. The van der Waals surface area contributed by atoms with Gasteiger partial charge < -0.3 is 10.8 Å². The van der Waals surface area contributed by atoms with Crippen molar-refractivity contribution < 1.29 is 18.3 Å². The highest BCUT2D eigenvalue weighted by molar-refractivity contribution is 7.90. The predicted molar refractivity (Wildman–Crippen MR) is 61.0 cm³/mol. The predicted octanol–water partition coefficient (Wildman–Crippen LogP) is -0.541. The zero-order chi connectivity index (χ0) is 13.8. The van der Waals surface area contributed by atoms with Crippen LogP contribution >= 0.6 is 0 Å². The van der Waals surface area contributed by atoms with Gasteiger partial charge in [0.25, 0.3) is 10.0 Å². The molecule has 0 atom stereocenters. The molecule has 1 aromatic rings. The standard InChI is InChI=1S/C9H8N4O4S/c10-5-12-9(11)13-18(16,17)7-3-1-2-6(4-7)8(14)15/h1-4H,(H,14,15)(H3,11,12,13). The van der Waals surface area contributed by atoms with Crippen LogP contribution in [-0.4, -0.2) is 25.5 Å². The SMILES string of the molecule is N#CN/C(N)=N/S(=O)(=O)c1cccc(C(=O)O)c1. The molecule has 0 bridgehead atoms. The third-order valence-corrected chi connectivity index (χ3v) is 3.07. The fourth-order valence-electron chi connectivity index (χ4n) is 1.05. The normalized spacial score (nSPS) is 11.6. The number of hydrogen-bond acceptors (Lipinski definition) is 4.